The molecule has 0 radical (unpaired) electrons. The van der Waals surface area contributed by atoms with Crippen molar-refractivity contribution in [1.29, 1.82) is 0 Å². The van der Waals surface area contributed by atoms with Crippen LogP contribution in [0, 0.1) is 18.3 Å². The van der Waals surface area contributed by atoms with Crippen LogP contribution in [0.25, 0.3) is 0 Å². The van der Waals surface area contributed by atoms with Crippen molar-refractivity contribution in [3.05, 3.63) is 21.9 Å². The number of nitrogens with two attached hydrogens (primary N) is 1. The van der Waals surface area contributed by atoms with Gasteiger partial charge < -0.3 is 5.73 Å². The van der Waals surface area contributed by atoms with Gasteiger partial charge in [-0.05, 0) is 36.9 Å². The summed E-state index contributed by atoms with van der Waals surface area (Å²) in [5, 5.41) is 0. The second-order valence-corrected chi connectivity index (χ2v) is 5.91. The first-order chi connectivity index (χ1) is 6.07. The first-order valence-electron chi connectivity index (χ1n) is 4.83. The van der Waals surface area contributed by atoms with E-state index >= 15 is 0 Å². The Hall–Kier alpha value is -0.340. The van der Waals surface area contributed by atoms with Crippen molar-refractivity contribution in [3.8, 4) is 0 Å². The molecular formula is C11H17NS. The first-order valence-corrected chi connectivity index (χ1v) is 5.65. The van der Waals surface area contributed by atoms with Crippen LogP contribution in [0.1, 0.15) is 29.5 Å². The topological polar surface area (TPSA) is 26.0 Å². The number of hydrogen-bond acceptors (Lipinski definition) is 2. The van der Waals surface area contributed by atoms with Gasteiger partial charge in [0.2, 0.25) is 0 Å². The molecule has 0 unspecified atom stereocenters. The quantitative estimate of drug-likeness (QED) is 0.771. The number of hydrogen-bond donors (Lipinski definition) is 1. The highest BCUT2D eigenvalue weighted by molar-refractivity contribution is 7.12. The van der Waals surface area contributed by atoms with E-state index in [0.717, 1.165) is 12.5 Å². The van der Waals surface area contributed by atoms with Crippen LogP contribution < -0.4 is 5.73 Å². The molecule has 1 aromatic rings. The highest BCUT2D eigenvalue weighted by Gasteiger charge is 2.57. The van der Waals surface area contributed by atoms with Gasteiger partial charge in [0.15, 0.2) is 0 Å². The zero-order valence-corrected chi connectivity index (χ0v) is 9.32. The highest BCUT2D eigenvalue weighted by Crippen LogP contribution is 2.64. The van der Waals surface area contributed by atoms with Gasteiger partial charge in [0.05, 0.1) is 0 Å². The zero-order chi connectivity index (χ0) is 9.64. The van der Waals surface area contributed by atoms with Gasteiger partial charge in [0.1, 0.15) is 0 Å². The lowest BCUT2D eigenvalue weighted by Gasteiger charge is -1.98. The van der Waals surface area contributed by atoms with E-state index in [1.807, 2.05) is 11.3 Å². The van der Waals surface area contributed by atoms with E-state index in [0.29, 0.717) is 11.3 Å². The van der Waals surface area contributed by atoms with Gasteiger partial charge in [-0.1, -0.05) is 13.8 Å². The van der Waals surface area contributed by atoms with Crippen molar-refractivity contribution in [1.82, 2.24) is 0 Å². The first kappa shape index (κ1) is 9.22. The summed E-state index contributed by atoms with van der Waals surface area (Å²) in [4.78, 5) is 2.94. The maximum atomic E-state index is 5.75. The van der Waals surface area contributed by atoms with Crippen molar-refractivity contribution in [2.75, 3.05) is 6.54 Å². The zero-order valence-electron chi connectivity index (χ0n) is 8.50. The molecule has 0 spiro atoms. The van der Waals surface area contributed by atoms with Crippen LogP contribution in [0.15, 0.2) is 12.1 Å². The molecule has 1 heterocycles. The minimum Gasteiger partial charge on any atom is -0.330 e. The third kappa shape index (κ3) is 1.32. The maximum absolute atomic E-state index is 5.75. The third-order valence-corrected chi connectivity index (χ3v) is 4.46. The van der Waals surface area contributed by atoms with Crippen molar-refractivity contribution in [2.24, 2.45) is 17.1 Å². The Morgan fingerprint density at radius 1 is 1.46 bits per heavy atom. The van der Waals surface area contributed by atoms with Crippen molar-refractivity contribution >= 4 is 11.3 Å². The maximum Gasteiger partial charge on any atom is 0.00879 e. The molecule has 1 saturated carbocycles. The van der Waals surface area contributed by atoms with E-state index in [4.69, 9.17) is 5.73 Å². The molecule has 0 aromatic carbocycles. The summed E-state index contributed by atoms with van der Waals surface area (Å²) in [5.41, 5.74) is 6.19. The molecule has 72 valence electrons. The third-order valence-electron chi connectivity index (χ3n) is 3.37. The number of thiophene rings is 1. The standard InChI is InChI=1S/C11H17NS/c1-7-4-5-9(13-7)10-8(6-12)11(10,2)3/h4-5,8,10H,6,12H2,1-3H3/t8-,10+/m1/s1. The minimum absolute atomic E-state index is 0.437. The summed E-state index contributed by atoms with van der Waals surface area (Å²) < 4.78 is 0. The van der Waals surface area contributed by atoms with Gasteiger partial charge in [0, 0.05) is 15.7 Å². The Morgan fingerprint density at radius 2 is 2.15 bits per heavy atom. The Labute approximate surface area is 84.0 Å². The number of rotatable bonds is 2. The summed E-state index contributed by atoms with van der Waals surface area (Å²) in [6.07, 6.45) is 0. The van der Waals surface area contributed by atoms with Crippen LogP contribution in [0.2, 0.25) is 0 Å². The summed E-state index contributed by atoms with van der Waals surface area (Å²) in [6, 6.07) is 4.48. The fourth-order valence-electron chi connectivity index (χ4n) is 2.37. The van der Waals surface area contributed by atoms with Gasteiger partial charge >= 0.3 is 0 Å². The van der Waals surface area contributed by atoms with Crippen LogP contribution >= 0.6 is 11.3 Å². The molecule has 2 atom stereocenters. The summed E-state index contributed by atoms with van der Waals surface area (Å²) >= 11 is 1.92. The van der Waals surface area contributed by atoms with E-state index < -0.39 is 0 Å². The van der Waals surface area contributed by atoms with Gasteiger partial charge in [-0.25, -0.2) is 0 Å². The SMILES string of the molecule is Cc1ccc([C@@H]2[C@@H](CN)C2(C)C)s1. The Balaban J connectivity index is 2.21. The molecule has 2 heteroatoms. The van der Waals surface area contributed by atoms with Gasteiger partial charge in [-0.15, -0.1) is 11.3 Å². The molecule has 2 N–H and O–H groups in total. The molecule has 1 fully saturated rings. The lowest BCUT2D eigenvalue weighted by Crippen LogP contribution is -2.05. The molecule has 0 amide bonds. The monoisotopic (exact) mass is 195 g/mol. The smallest absolute Gasteiger partial charge is 0.00879 e. The van der Waals surface area contributed by atoms with Crippen molar-refractivity contribution < 1.29 is 0 Å². The minimum atomic E-state index is 0.437. The second-order valence-electron chi connectivity index (χ2n) is 4.59. The second kappa shape index (κ2) is 2.82. The van der Waals surface area contributed by atoms with Gasteiger partial charge in [0.25, 0.3) is 0 Å². The molecule has 1 aromatic heterocycles. The van der Waals surface area contributed by atoms with E-state index in [1.54, 1.807) is 0 Å². The van der Waals surface area contributed by atoms with Crippen LogP contribution in [0.3, 0.4) is 0 Å². The summed E-state index contributed by atoms with van der Waals surface area (Å²) in [6.45, 7) is 7.64. The van der Waals surface area contributed by atoms with E-state index in [-0.39, 0.29) is 0 Å². The van der Waals surface area contributed by atoms with Crippen LogP contribution in [0.4, 0.5) is 0 Å². The van der Waals surface area contributed by atoms with E-state index in [2.05, 4.69) is 32.9 Å². The molecular weight excluding hydrogens is 178 g/mol. The fraction of sp³-hybridized carbons (Fsp3) is 0.636. The number of aryl methyl sites for hydroxylation is 1. The highest BCUT2D eigenvalue weighted by atomic mass is 32.1. The molecule has 0 aliphatic heterocycles. The van der Waals surface area contributed by atoms with E-state index in [9.17, 15) is 0 Å². The van der Waals surface area contributed by atoms with Gasteiger partial charge in [-0.3, -0.25) is 0 Å². The van der Waals surface area contributed by atoms with Crippen LogP contribution in [0.5, 0.6) is 0 Å². The molecule has 0 bridgehead atoms. The van der Waals surface area contributed by atoms with E-state index in [1.165, 1.54) is 9.75 Å². The molecule has 1 aliphatic rings. The Bertz CT molecular complexity index is 314. The molecule has 1 nitrogen and oxygen atoms in total. The van der Waals surface area contributed by atoms with Crippen LogP contribution in [-0.2, 0) is 0 Å². The summed E-state index contributed by atoms with van der Waals surface area (Å²) in [5.74, 6) is 1.42. The predicted molar refractivity (Wildman–Crippen MR) is 58.1 cm³/mol. The lowest BCUT2D eigenvalue weighted by molar-refractivity contribution is 0.559. The molecule has 1 aliphatic carbocycles. The predicted octanol–water partition coefficient (Wildman–Crippen LogP) is 2.75. The normalized spacial score (nSPS) is 30.5. The molecule has 0 saturated heterocycles. The Kier molecular flexibility index (Phi) is 2.00. The van der Waals surface area contributed by atoms with Crippen LogP contribution in [-0.4, -0.2) is 6.54 Å². The Morgan fingerprint density at radius 3 is 2.54 bits per heavy atom. The van der Waals surface area contributed by atoms with Crippen molar-refractivity contribution in [2.45, 2.75) is 26.7 Å². The lowest BCUT2D eigenvalue weighted by atomic mass is 10.1. The average Bonchev–Trinajstić information content (AvgIpc) is 2.41. The fourth-order valence-corrected chi connectivity index (χ4v) is 3.61. The molecule has 13 heavy (non-hydrogen) atoms. The summed E-state index contributed by atoms with van der Waals surface area (Å²) in [7, 11) is 0. The van der Waals surface area contributed by atoms with Gasteiger partial charge in [-0.2, -0.15) is 0 Å². The average molecular weight is 195 g/mol. The van der Waals surface area contributed by atoms with Crippen molar-refractivity contribution in [3.63, 3.8) is 0 Å². The largest absolute Gasteiger partial charge is 0.330 e. The molecule has 2 rings (SSSR count).